The number of ether oxygens (including phenoxy) is 2. The number of carbonyl (C=O) groups is 3. The third-order valence-corrected chi connectivity index (χ3v) is 9.76. The van der Waals surface area contributed by atoms with Crippen molar-refractivity contribution in [1.82, 2.24) is 4.57 Å². The fraction of sp³-hybridized carbons (Fsp3) is 0.440. The van der Waals surface area contributed by atoms with E-state index in [2.05, 4.69) is 10.3 Å². The van der Waals surface area contributed by atoms with Gasteiger partial charge in [0.2, 0.25) is 5.91 Å². The van der Waals surface area contributed by atoms with Crippen molar-refractivity contribution in [1.29, 1.82) is 0 Å². The summed E-state index contributed by atoms with van der Waals surface area (Å²) in [5.74, 6) is -3.40. The minimum Gasteiger partial charge on any atom is -0.494 e. The highest BCUT2D eigenvalue weighted by atomic mass is 32.2. The topological polar surface area (TPSA) is 133 Å². The molecule has 0 fully saturated rings. The lowest BCUT2D eigenvalue weighted by Crippen LogP contribution is -2.28. The molecule has 0 radical (unpaired) electrons. The van der Waals surface area contributed by atoms with Gasteiger partial charge in [-0.2, -0.15) is 4.99 Å². The molecule has 1 N–H and O–H groups in total. The number of methoxy groups -OCH3 is 1. The van der Waals surface area contributed by atoms with Crippen molar-refractivity contribution in [2.45, 2.75) is 39.0 Å². The molecule has 204 valence electrons. The van der Waals surface area contributed by atoms with E-state index in [1.165, 1.54) is 29.8 Å². The number of nitrogens with one attached hydrogen (secondary N) is 1. The summed E-state index contributed by atoms with van der Waals surface area (Å²) in [6, 6.07) is 5.49. The Balaban J connectivity index is 1.48. The number of aryl methyl sites for hydroxylation is 2. The number of thiophene rings is 1. The highest BCUT2D eigenvalue weighted by Crippen LogP contribution is 2.38. The van der Waals surface area contributed by atoms with E-state index >= 15 is 0 Å². The van der Waals surface area contributed by atoms with Crippen LogP contribution in [0.25, 0.3) is 10.2 Å². The van der Waals surface area contributed by atoms with Gasteiger partial charge in [0.25, 0.3) is 5.91 Å². The van der Waals surface area contributed by atoms with Crippen LogP contribution < -0.4 is 14.9 Å². The Morgan fingerprint density at radius 3 is 2.61 bits per heavy atom. The molecule has 0 bridgehead atoms. The molecule has 2 aromatic heterocycles. The zero-order valence-electron chi connectivity index (χ0n) is 21.4. The molecule has 38 heavy (non-hydrogen) atoms. The molecule has 2 amide bonds. The second kappa shape index (κ2) is 11.8. The molecule has 0 aliphatic heterocycles. The number of benzene rings is 1. The largest absolute Gasteiger partial charge is 0.494 e. The zero-order valence-corrected chi connectivity index (χ0v) is 23.8. The molecule has 0 spiro atoms. The van der Waals surface area contributed by atoms with Gasteiger partial charge in [-0.1, -0.05) is 17.8 Å². The number of amides is 2. The second-order valence-corrected chi connectivity index (χ2v) is 13.0. The average Bonchev–Trinajstić information content (AvgIpc) is 3.23. The first-order chi connectivity index (χ1) is 18.1. The smallest absolute Gasteiger partial charge is 0.341 e. The number of esters is 1. The SMILES string of the molecule is CCOc1ccc2c(c1)sc(=NC(=O)CS(=O)(=O)CC(=O)Nc1sc3c(c1C(=O)OC)CCCCC3)n2C. The molecule has 3 aromatic rings. The standard InChI is InChI=1S/C25H29N3O7S3/c1-4-35-15-10-11-17-19(12-15)37-25(28(17)2)27-21(30)14-38(32,33)13-20(29)26-23-22(24(31)34-3)16-8-6-5-7-9-18(16)36-23/h10-12H,4-9,13-14H2,1-3H3,(H,26,29). The van der Waals surface area contributed by atoms with E-state index in [1.807, 2.05) is 25.1 Å². The van der Waals surface area contributed by atoms with Crippen molar-refractivity contribution >= 4 is 65.5 Å². The van der Waals surface area contributed by atoms with E-state index in [9.17, 15) is 22.8 Å². The third-order valence-electron chi connectivity index (χ3n) is 6.07. The summed E-state index contributed by atoms with van der Waals surface area (Å²) in [7, 11) is -1.12. The van der Waals surface area contributed by atoms with E-state index in [4.69, 9.17) is 9.47 Å². The maximum atomic E-state index is 12.7. The number of sulfone groups is 1. The molecule has 0 saturated carbocycles. The Morgan fingerprint density at radius 2 is 1.87 bits per heavy atom. The first-order valence-electron chi connectivity index (χ1n) is 12.1. The molecule has 0 unspecified atom stereocenters. The molecular weight excluding hydrogens is 550 g/mol. The van der Waals surface area contributed by atoms with Gasteiger partial charge in [0.15, 0.2) is 14.6 Å². The van der Waals surface area contributed by atoms with Crippen molar-refractivity contribution < 1.29 is 32.3 Å². The maximum absolute atomic E-state index is 12.7. The number of rotatable bonds is 8. The first kappa shape index (κ1) is 28.0. The van der Waals surface area contributed by atoms with Gasteiger partial charge in [-0.3, -0.25) is 9.59 Å². The number of anilines is 1. The number of carbonyl (C=O) groups excluding carboxylic acids is 3. The van der Waals surface area contributed by atoms with Crippen LogP contribution in [0.4, 0.5) is 5.00 Å². The molecule has 1 aliphatic rings. The van der Waals surface area contributed by atoms with Crippen LogP contribution in [0.15, 0.2) is 23.2 Å². The van der Waals surface area contributed by atoms with Gasteiger partial charge >= 0.3 is 5.97 Å². The fourth-order valence-electron chi connectivity index (χ4n) is 4.37. The van der Waals surface area contributed by atoms with Gasteiger partial charge in [0, 0.05) is 11.9 Å². The van der Waals surface area contributed by atoms with Crippen LogP contribution >= 0.6 is 22.7 Å². The Bertz CT molecular complexity index is 1560. The Hall–Kier alpha value is -3.03. The van der Waals surface area contributed by atoms with Gasteiger partial charge in [0.1, 0.15) is 22.3 Å². The molecular formula is C25H29N3O7S3. The van der Waals surface area contributed by atoms with E-state index in [-0.39, 0.29) is 10.6 Å². The lowest BCUT2D eigenvalue weighted by Gasteiger charge is -2.07. The van der Waals surface area contributed by atoms with Gasteiger partial charge in [0.05, 0.1) is 29.5 Å². The zero-order chi connectivity index (χ0) is 27.4. The summed E-state index contributed by atoms with van der Waals surface area (Å²) in [6.07, 6.45) is 4.44. The Labute approximate surface area is 228 Å². The predicted octanol–water partition coefficient (Wildman–Crippen LogP) is 3.24. The number of hydrogen-bond acceptors (Lipinski definition) is 9. The molecule has 2 heterocycles. The highest BCUT2D eigenvalue weighted by molar-refractivity contribution is 7.92. The van der Waals surface area contributed by atoms with E-state index < -0.39 is 39.1 Å². The summed E-state index contributed by atoms with van der Waals surface area (Å²) in [5.41, 5.74) is 1.97. The lowest BCUT2D eigenvalue weighted by molar-refractivity contribution is -0.115. The summed E-state index contributed by atoms with van der Waals surface area (Å²) >= 11 is 2.51. The molecule has 10 nitrogen and oxygen atoms in total. The normalized spacial score (nSPS) is 14.1. The van der Waals surface area contributed by atoms with Crippen molar-refractivity contribution in [2.24, 2.45) is 12.0 Å². The van der Waals surface area contributed by atoms with Crippen LogP contribution in [0.1, 0.15) is 47.0 Å². The van der Waals surface area contributed by atoms with Crippen LogP contribution in [0, 0.1) is 0 Å². The Kier molecular flexibility index (Phi) is 8.68. The minimum absolute atomic E-state index is 0.281. The fourth-order valence-corrected chi connectivity index (χ4v) is 7.74. The highest BCUT2D eigenvalue weighted by Gasteiger charge is 2.28. The van der Waals surface area contributed by atoms with Crippen molar-refractivity contribution in [3.63, 3.8) is 0 Å². The molecule has 13 heteroatoms. The average molecular weight is 580 g/mol. The van der Waals surface area contributed by atoms with E-state index in [0.717, 1.165) is 46.3 Å². The third kappa shape index (κ3) is 6.33. The van der Waals surface area contributed by atoms with E-state index in [0.29, 0.717) is 23.6 Å². The monoisotopic (exact) mass is 579 g/mol. The minimum atomic E-state index is -4.12. The number of nitrogens with zero attached hydrogens (tertiary/aromatic N) is 2. The first-order valence-corrected chi connectivity index (χ1v) is 15.6. The second-order valence-electron chi connectivity index (χ2n) is 8.85. The van der Waals surface area contributed by atoms with Crippen LogP contribution in [0.5, 0.6) is 5.75 Å². The summed E-state index contributed by atoms with van der Waals surface area (Å²) < 4.78 is 38.3. The van der Waals surface area contributed by atoms with E-state index in [1.54, 1.807) is 11.6 Å². The predicted molar refractivity (Wildman–Crippen MR) is 147 cm³/mol. The number of fused-ring (bicyclic) bond motifs is 2. The summed E-state index contributed by atoms with van der Waals surface area (Å²) in [6.45, 7) is 2.40. The summed E-state index contributed by atoms with van der Waals surface area (Å²) in [5, 5.41) is 2.85. The number of hydrogen-bond donors (Lipinski definition) is 1. The molecule has 4 rings (SSSR count). The van der Waals surface area contributed by atoms with Crippen LogP contribution in [0.2, 0.25) is 0 Å². The van der Waals surface area contributed by atoms with Gasteiger partial charge < -0.3 is 19.4 Å². The Morgan fingerprint density at radius 1 is 1.11 bits per heavy atom. The van der Waals surface area contributed by atoms with Crippen LogP contribution in [0.3, 0.4) is 0 Å². The van der Waals surface area contributed by atoms with Gasteiger partial charge in [-0.15, -0.1) is 11.3 Å². The van der Waals surface area contributed by atoms with Crippen LogP contribution in [-0.2, 0) is 44.1 Å². The van der Waals surface area contributed by atoms with Gasteiger partial charge in [-0.05, 0) is 56.4 Å². The lowest BCUT2D eigenvalue weighted by atomic mass is 10.1. The quantitative estimate of drug-likeness (QED) is 0.320. The molecule has 0 atom stereocenters. The maximum Gasteiger partial charge on any atom is 0.341 e. The van der Waals surface area contributed by atoms with Crippen molar-refractivity contribution in [3.05, 3.63) is 39.0 Å². The van der Waals surface area contributed by atoms with Crippen LogP contribution in [-0.4, -0.2) is 56.0 Å². The molecule has 0 saturated heterocycles. The molecule has 1 aromatic carbocycles. The van der Waals surface area contributed by atoms with Crippen molar-refractivity contribution in [3.8, 4) is 5.75 Å². The summed E-state index contributed by atoms with van der Waals surface area (Å²) in [4.78, 5) is 43.0. The molecule has 1 aliphatic carbocycles. The van der Waals surface area contributed by atoms with Gasteiger partial charge in [-0.25, -0.2) is 13.2 Å². The van der Waals surface area contributed by atoms with Crippen molar-refractivity contribution in [2.75, 3.05) is 30.5 Å². The number of aromatic nitrogens is 1. The number of thiazole rings is 1.